The molecule has 3 heteroatoms. The molecule has 0 bridgehead atoms. The lowest BCUT2D eigenvalue weighted by atomic mass is 10.1. The van der Waals surface area contributed by atoms with Gasteiger partial charge >= 0.3 is 0 Å². The predicted octanol–water partition coefficient (Wildman–Crippen LogP) is 2.68. The van der Waals surface area contributed by atoms with Gasteiger partial charge in [-0.15, -0.1) is 11.3 Å². The Hall–Kier alpha value is -1.61. The molecule has 1 radical (unpaired) electrons. The monoisotopic (exact) mass is 217 g/mol. The summed E-state index contributed by atoms with van der Waals surface area (Å²) in [6, 6.07) is 11.2. The van der Waals surface area contributed by atoms with Crippen LogP contribution < -0.4 is 0 Å². The molecule has 0 aliphatic carbocycles. The Balaban J connectivity index is 2.19. The van der Waals surface area contributed by atoms with Crippen molar-refractivity contribution in [2.75, 3.05) is 0 Å². The number of thiophene rings is 1. The molecule has 2 aromatic rings. The lowest BCUT2D eigenvalue weighted by molar-refractivity contribution is 0.0991. The number of carbonyl (C=O) groups is 1. The number of hydrogen-bond donors (Lipinski definition) is 1. The van der Waals surface area contributed by atoms with Crippen molar-refractivity contribution in [3.05, 3.63) is 52.2 Å². The average molecular weight is 217 g/mol. The van der Waals surface area contributed by atoms with Crippen molar-refractivity contribution in [1.82, 2.24) is 0 Å². The Labute approximate surface area is 91.8 Å². The first-order valence-corrected chi connectivity index (χ1v) is 5.40. The number of ketones is 1. The van der Waals surface area contributed by atoms with E-state index in [0.717, 1.165) is 4.88 Å². The summed E-state index contributed by atoms with van der Waals surface area (Å²) in [5.41, 5.74) is 0.339. The maximum atomic E-state index is 11.8. The Kier molecular flexibility index (Phi) is 2.83. The first-order chi connectivity index (χ1) is 7.27. The van der Waals surface area contributed by atoms with E-state index in [4.69, 9.17) is 0 Å². The smallest absolute Gasteiger partial charge is 0.171 e. The highest BCUT2D eigenvalue weighted by molar-refractivity contribution is 7.10. The fourth-order valence-electron chi connectivity index (χ4n) is 1.31. The van der Waals surface area contributed by atoms with Crippen LogP contribution in [0, 0.1) is 6.07 Å². The van der Waals surface area contributed by atoms with Crippen LogP contribution >= 0.6 is 11.3 Å². The van der Waals surface area contributed by atoms with Gasteiger partial charge in [-0.25, -0.2) is 0 Å². The van der Waals surface area contributed by atoms with E-state index >= 15 is 0 Å². The lowest BCUT2D eigenvalue weighted by Gasteiger charge is -2.01. The van der Waals surface area contributed by atoms with Crippen LogP contribution in [0.15, 0.2) is 35.7 Å². The maximum Gasteiger partial charge on any atom is 0.171 e. The van der Waals surface area contributed by atoms with E-state index in [1.54, 1.807) is 6.07 Å². The quantitative estimate of drug-likeness (QED) is 0.802. The Morgan fingerprint density at radius 1 is 1.47 bits per heavy atom. The molecule has 0 unspecified atom stereocenters. The number of aromatic hydroxyl groups is 1. The minimum Gasteiger partial charge on any atom is -0.507 e. The molecule has 1 N–H and O–H groups in total. The van der Waals surface area contributed by atoms with Gasteiger partial charge in [0.2, 0.25) is 0 Å². The third kappa shape index (κ3) is 2.25. The standard InChI is InChI=1S/C12H9O2S/c13-11-6-2-1-5-10(11)12(14)8-9-4-3-7-15-9/h2-7,13H,8H2. The fraction of sp³-hybridized carbons (Fsp3) is 0.0833. The summed E-state index contributed by atoms with van der Waals surface area (Å²) in [5, 5.41) is 11.4. The number of carbonyl (C=O) groups excluding carboxylic acids is 1. The van der Waals surface area contributed by atoms with Crippen molar-refractivity contribution in [2.45, 2.75) is 6.42 Å². The molecule has 0 aliphatic rings. The van der Waals surface area contributed by atoms with Crippen LogP contribution in [0.2, 0.25) is 0 Å². The second-order valence-corrected chi connectivity index (χ2v) is 4.15. The third-order valence-corrected chi connectivity index (χ3v) is 2.93. The summed E-state index contributed by atoms with van der Waals surface area (Å²) in [6.45, 7) is 0. The topological polar surface area (TPSA) is 37.3 Å². The molecule has 0 saturated heterocycles. The zero-order chi connectivity index (χ0) is 10.7. The van der Waals surface area contributed by atoms with E-state index in [9.17, 15) is 9.90 Å². The number of phenolic OH excluding ortho intramolecular Hbond substituents is 1. The maximum absolute atomic E-state index is 11.8. The molecule has 1 aromatic heterocycles. The second kappa shape index (κ2) is 4.28. The zero-order valence-electron chi connectivity index (χ0n) is 7.93. The van der Waals surface area contributed by atoms with Crippen LogP contribution in [-0.2, 0) is 6.42 Å². The van der Waals surface area contributed by atoms with Crippen molar-refractivity contribution in [2.24, 2.45) is 0 Å². The normalized spacial score (nSPS) is 10.1. The highest BCUT2D eigenvalue weighted by atomic mass is 32.1. The van der Waals surface area contributed by atoms with E-state index in [1.165, 1.54) is 23.5 Å². The van der Waals surface area contributed by atoms with Gasteiger partial charge < -0.3 is 5.11 Å². The molecule has 2 rings (SSSR count). The molecule has 0 aliphatic heterocycles. The second-order valence-electron chi connectivity index (χ2n) is 3.12. The van der Waals surface area contributed by atoms with E-state index < -0.39 is 0 Å². The van der Waals surface area contributed by atoms with E-state index in [2.05, 4.69) is 6.07 Å². The van der Waals surface area contributed by atoms with Crippen LogP contribution in [0.25, 0.3) is 0 Å². The first-order valence-electron chi connectivity index (χ1n) is 4.52. The van der Waals surface area contributed by atoms with Crippen LogP contribution in [0.3, 0.4) is 0 Å². The highest BCUT2D eigenvalue weighted by Gasteiger charge is 2.11. The van der Waals surface area contributed by atoms with E-state index in [-0.39, 0.29) is 11.5 Å². The zero-order valence-corrected chi connectivity index (χ0v) is 8.75. The number of hydrogen-bond acceptors (Lipinski definition) is 3. The Morgan fingerprint density at radius 2 is 2.33 bits per heavy atom. The molecule has 1 aromatic carbocycles. The minimum atomic E-state index is -0.0770. The number of Topliss-reactive ketones (excluding diaryl/α,β-unsaturated/α-hetero) is 1. The van der Waals surface area contributed by atoms with Gasteiger partial charge in [0.05, 0.1) is 5.56 Å². The van der Waals surface area contributed by atoms with Crippen LogP contribution in [0.4, 0.5) is 0 Å². The summed E-state index contributed by atoms with van der Waals surface area (Å²) >= 11 is 1.54. The van der Waals surface area contributed by atoms with Crippen LogP contribution in [0.5, 0.6) is 5.75 Å². The molecular formula is C12H9O2S. The van der Waals surface area contributed by atoms with Crippen molar-refractivity contribution < 1.29 is 9.90 Å². The van der Waals surface area contributed by atoms with Crippen molar-refractivity contribution >= 4 is 17.1 Å². The van der Waals surface area contributed by atoms with Gasteiger partial charge in [-0.05, 0) is 29.6 Å². The van der Waals surface area contributed by atoms with Gasteiger partial charge in [0, 0.05) is 11.3 Å². The highest BCUT2D eigenvalue weighted by Crippen LogP contribution is 2.19. The molecule has 0 atom stereocenters. The van der Waals surface area contributed by atoms with E-state index in [1.807, 2.05) is 17.5 Å². The summed E-state index contributed by atoms with van der Waals surface area (Å²) in [7, 11) is 0. The summed E-state index contributed by atoms with van der Waals surface area (Å²) in [6.07, 6.45) is 0.336. The molecule has 75 valence electrons. The first kappa shape index (κ1) is 9.93. The van der Waals surface area contributed by atoms with Gasteiger partial charge in [-0.1, -0.05) is 12.1 Å². The van der Waals surface area contributed by atoms with Crippen molar-refractivity contribution in [1.29, 1.82) is 0 Å². The third-order valence-electron chi connectivity index (χ3n) is 2.06. The number of phenols is 1. The Morgan fingerprint density at radius 3 is 3.00 bits per heavy atom. The number of benzene rings is 1. The minimum absolute atomic E-state index is 0.0234. The molecule has 0 fully saturated rings. The van der Waals surface area contributed by atoms with Gasteiger partial charge in [0.15, 0.2) is 5.78 Å². The van der Waals surface area contributed by atoms with E-state index in [0.29, 0.717) is 12.0 Å². The van der Waals surface area contributed by atoms with Gasteiger partial charge in [-0.3, -0.25) is 4.79 Å². The Bertz CT molecular complexity index is 460. The lowest BCUT2D eigenvalue weighted by Crippen LogP contribution is -2.02. The van der Waals surface area contributed by atoms with Gasteiger partial charge in [0.1, 0.15) is 5.75 Å². The molecule has 0 saturated carbocycles. The number of rotatable bonds is 3. The van der Waals surface area contributed by atoms with Gasteiger partial charge in [0.25, 0.3) is 0 Å². The SMILES string of the molecule is O=C(Cc1cccs1)c1c[c]ccc1O. The van der Waals surface area contributed by atoms with Crippen molar-refractivity contribution in [3.8, 4) is 5.75 Å². The summed E-state index contributed by atoms with van der Waals surface area (Å²) < 4.78 is 0. The molecule has 15 heavy (non-hydrogen) atoms. The summed E-state index contributed by atoms with van der Waals surface area (Å²) in [5.74, 6) is -0.0536. The molecular weight excluding hydrogens is 208 g/mol. The van der Waals surface area contributed by atoms with Gasteiger partial charge in [-0.2, -0.15) is 0 Å². The predicted molar refractivity (Wildman–Crippen MR) is 59.3 cm³/mol. The molecule has 1 heterocycles. The molecule has 0 amide bonds. The fourth-order valence-corrected chi connectivity index (χ4v) is 2.02. The molecule has 2 nitrogen and oxygen atoms in total. The molecule has 0 spiro atoms. The van der Waals surface area contributed by atoms with Crippen molar-refractivity contribution in [3.63, 3.8) is 0 Å². The average Bonchev–Trinajstić information content (AvgIpc) is 2.71. The summed E-state index contributed by atoms with van der Waals surface area (Å²) in [4.78, 5) is 12.8. The van der Waals surface area contributed by atoms with Crippen LogP contribution in [0.1, 0.15) is 15.2 Å². The van der Waals surface area contributed by atoms with Crippen LogP contribution in [-0.4, -0.2) is 10.9 Å². The largest absolute Gasteiger partial charge is 0.507 e.